The number of nitrogens with zero attached hydrogens (tertiary/aromatic N) is 6. The molecule has 72 heavy (non-hydrogen) atoms. The molecular formula is C57H45N9O3S3. The second kappa shape index (κ2) is 23.7. The van der Waals surface area contributed by atoms with E-state index >= 15 is 0 Å². The molecule has 10 rings (SSSR count). The molecule has 0 unspecified atom stereocenters. The molecule has 0 amide bonds. The highest BCUT2D eigenvalue weighted by atomic mass is 32.1. The number of hydrogen-bond acceptors (Lipinski definition) is 15. The van der Waals surface area contributed by atoms with Crippen molar-refractivity contribution >= 4 is 68.0 Å². The third-order valence-corrected chi connectivity index (χ3v) is 13.1. The predicted octanol–water partition coefficient (Wildman–Crippen LogP) is 14.1. The molecule has 15 heteroatoms. The molecule has 354 valence electrons. The van der Waals surface area contributed by atoms with E-state index in [1.807, 2.05) is 180 Å². The van der Waals surface area contributed by atoms with Crippen LogP contribution in [0.2, 0.25) is 0 Å². The van der Waals surface area contributed by atoms with Gasteiger partial charge in [0.1, 0.15) is 37.1 Å². The maximum Gasteiger partial charge on any atom is 0.203 e. The zero-order valence-electron chi connectivity index (χ0n) is 38.5. The molecule has 0 fully saturated rings. The molecule has 0 atom stereocenters. The van der Waals surface area contributed by atoms with E-state index in [1.165, 1.54) is 34.0 Å². The van der Waals surface area contributed by atoms with E-state index in [1.54, 1.807) is 18.6 Å². The van der Waals surface area contributed by atoms with E-state index in [-0.39, 0.29) is 0 Å². The van der Waals surface area contributed by atoms with Crippen LogP contribution in [-0.4, -0.2) is 33.6 Å². The first kappa shape index (κ1) is 46.9. The Labute approximate surface area is 428 Å². The van der Waals surface area contributed by atoms with Crippen molar-refractivity contribution in [3.05, 3.63) is 232 Å². The van der Waals surface area contributed by atoms with Gasteiger partial charge in [-0.3, -0.25) is 16.3 Å². The first-order valence-electron chi connectivity index (χ1n) is 22.8. The maximum absolute atomic E-state index is 6.30. The van der Waals surface area contributed by atoms with Crippen LogP contribution in [0.25, 0.3) is 33.8 Å². The SMILES string of the molecule is C(=N\Nc1nc(-c2ccccc2)cs1)/c1ccc(OCc2cc(COc3ccc(/C=N/Nc4nc(-c5ccccc5)cs4)cc3)cc(COc3ccc(/C=N/Nc4nc(-c5ccccc5)cs4)cc3)c2)cc1. The van der Waals surface area contributed by atoms with Crippen LogP contribution in [0.3, 0.4) is 0 Å². The van der Waals surface area contributed by atoms with Crippen LogP contribution in [0.5, 0.6) is 17.2 Å². The number of rotatable bonds is 21. The van der Waals surface area contributed by atoms with E-state index in [0.29, 0.717) is 19.8 Å². The van der Waals surface area contributed by atoms with Gasteiger partial charge < -0.3 is 14.2 Å². The number of hydrazone groups is 3. The Bertz CT molecular complexity index is 3010. The van der Waals surface area contributed by atoms with Crippen molar-refractivity contribution < 1.29 is 14.2 Å². The Morgan fingerprint density at radius 1 is 0.361 bits per heavy atom. The van der Waals surface area contributed by atoms with Gasteiger partial charge in [-0.2, -0.15) is 15.3 Å². The number of thiazole rings is 3. The first-order valence-corrected chi connectivity index (χ1v) is 25.4. The maximum atomic E-state index is 6.30. The van der Waals surface area contributed by atoms with E-state index in [9.17, 15) is 0 Å². The number of benzene rings is 7. The zero-order chi connectivity index (χ0) is 48.6. The van der Waals surface area contributed by atoms with Crippen LogP contribution in [0, 0.1) is 0 Å². The molecule has 3 heterocycles. The Balaban J connectivity index is 0.755. The summed E-state index contributed by atoms with van der Waals surface area (Å²) in [5.74, 6) is 2.20. The molecule has 3 aromatic heterocycles. The van der Waals surface area contributed by atoms with Gasteiger partial charge in [-0.25, -0.2) is 15.0 Å². The lowest BCUT2D eigenvalue weighted by molar-refractivity contribution is 0.293. The smallest absolute Gasteiger partial charge is 0.203 e. The lowest BCUT2D eigenvalue weighted by atomic mass is 10.1. The lowest BCUT2D eigenvalue weighted by Gasteiger charge is -2.13. The Kier molecular flexibility index (Phi) is 15.5. The van der Waals surface area contributed by atoms with Gasteiger partial charge in [0.2, 0.25) is 15.4 Å². The van der Waals surface area contributed by atoms with Gasteiger partial charge in [0.05, 0.1) is 35.7 Å². The quantitative estimate of drug-likeness (QED) is 0.0474. The average molecular weight is 1000 g/mol. The number of nitrogens with one attached hydrogen (secondary N) is 3. The highest BCUT2D eigenvalue weighted by Gasteiger charge is 2.09. The van der Waals surface area contributed by atoms with Crippen molar-refractivity contribution in [2.24, 2.45) is 15.3 Å². The van der Waals surface area contributed by atoms with Crippen molar-refractivity contribution in [2.45, 2.75) is 19.8 Å². The molecule has 0 aliphatic carbocycles. The molecule has 0 saturated carbocycles. The molecular weight excluding hydrogens is 955 g/mol. The first-order chi connectivity index (χ1) is 35.6. The predicted molar refractivity (Wildman–Crippen MR) is 295 cm³/mol. The summed E-state index contributed by atoms with van der Waals surface area (Å²) >= 11 is 4.53. The monoisotopic (exact) mass is 999 g/mol. The molecule has 12 nitrogen and oxygen atoms in total. The van der Waals surface area contributed by atoms with Gasteiger partial charge in [0.25, 0.3) is 0 Å². The fraction of sp³-hybridized carbons (Fsp3) is 0.0526. The molecule has 0 aliphatic heterocycles. The van der Waals surface area contributed by atoms with E-state index in [4.69, 9.17) is 14.2 Å². The van der Waals surface area contributed by atoms with Gasteiger partial charge in [-0.1, -0.05) is 91.0 Å². The Morgan fingerprint density at radius 2 is 0.639 bits per heavy atom. The standard InChI is InChI=1S/C57H45N9O3S3/c1-4-10-46(11-5-1)52-37-70-55(61-52)64-58-31-40-16-22-49(23-17-40)67-34-43-28-44(35-68-50-24-18-41(19-25-50)32-59-65-56-62-53(38-71-56)47-12-6-2-7-13-47)30-45(29-43)36-69-51-26-20-42(21-27-51)33-60-66-57-63-54(39-72-57)48-14-8-3-9-15-48/h1-33,37-39H,34-36H2,(H,61,64)(H,62,65)(H,63,66)/b58-31+,59-32+,60-33+. The van der Waals surface area contributed by atoms with E-state index in [0.717, 1.165) is 99.8 Å². The van der Waals surface area contributed by atoms with Gasteiger partial charge in [-0.05, 0) is 124 Å². The second-order valence-electron chi connectivity index (χ2n) is 16.1. The minimum Gasteiger partial charge on any atom is -0.489 e. The Hall–Kier alpha value is -8.76. The van der Waals surface area contributed by atoms with Crippen LogP contribution >= 0.6 is 34.0 Å². The molecule has 7 aromatic carbocycles. The van der Waals surface area contributed by atoms with Crippen molar-refractivity contribution in [3.8, 4) is 51.0 Å². The van der Waals surface area contributed by atoms with Crippen LogP contribution in [0.15, 0.2) is 213 Å². The van der Waals surface area contributed by atoms with Crippen LogP contribution < -0.4 is 30.5 Å². The Morgan fingerprint density at radius 3 is 0.917 bits per heavy atom. The molecule has 0 saturated heterocycles. The van der Waals surface area contributed by atoms with Gasteiger partial charge in [-0.15, -0.1) is 34.0 Å². The van der Waals surface area contributed by atoms with E-state index in [2.05, 4.69) is 64.7 Å². The number of ether oxygens (including phenoxy) is 3. The van der Waals surface area contributed by atoms with Crippen molar-refractivity contribution in [1.82, 2.24) is 15.0 Å². The fourth-order valence-corrected chi connectivity index (χ4v) is 9.23. The minimum absolute atomic E-state index is 0.344. The summed E-state index contributed by atoms with van der Waals surface area (Å²) < 4.78 is 18.9. The van der Waals surface area contributed by atoms with Crippen molar-refractivity contribution in [3.63, 3.8) is 0 Å². The fourth-order valence-electron chi connectivity index (χ4n) is 7.23. The summed E-state index contributed by atoms with van der Waals surface area (Å²) in [5.41, 5.74) is 20.8. The average Bonchev–Trinajstić information content (AvgIpc) is 4.24. The van der Waals surface area contributed by atoms with Gasteiger partial charge in [0.15, 0.2) is 0 Å². The summed E-state index contributed by atoms with van der Waals surface area (Å²) in [6, 6.07) is 60.0. The molecule has 0 radical (unpaired) electrons. The molecule has 0 spiro atoms. The zero-order valence-corrected chi connectivity index (χ0v) is 41.0. The highest BCUT2D eigenvalue weighted by molar-refractivity contribution is 7.14. The van der Waals surface area contributed by atoms with Crippen molar-refractivity contribution in [1.29, 1.82) is 0 Å². The van der Waals surface area contributed by atoms with E-state index < -0.39 is 0 Å². The lowest BCUT2D eigenvalue weighted by Crippen LogP contribution is -2.04. The highest BCUT2D eigenvalue weighted by Crippen LogP contribution is 2.28. The molecule has 3 N–H and O–H groups in total. The summed E-state index contributed by atoms with van der Waals surface area (Å²) in [6.45, 7) is 1.03. The second-order valence-corrected chi connectivity index (χ2v) is 18.6. The van der Waals surface area contributed by atoms with Gasteiger partial charge >= 0.3 is 0 Å². The number of aromatic nitrogens is 3. The summed E-state index contributed by atoms with van der Waals surface area (Å²) in [5, 5.41) is 21.4. The number of hydrogen-bond donors (Lipinski definition) is 3. The third-order valence-electron chi connectivity index (χ3n) is 10.8. The van der Waals surface area contributed by atoms with Crippen LogP contribution in [-0.2, 0) is 19.8 Å². The van der Waals surface area contributed by atoms with Crippen LogP contribution in [0.4, 0.5) is 15.4 Å². The molecule has 0 bridgehead atoms. The van der Waals surface area contributed by atoms with Crippen molar-refractivity contribution in [2.75, 3.05) is 16.3 Å². The minimum atomic E-state index is 0.344. The summed E-state index contributed by atoms with van der Waals surface area (Å²) in [7, 11) is 0. The largest absolute Gasteiger partial charge is 0.489 e. The molecule has 10 aromatic rings. The van der Waals surface area contributed by atoms with Crippen LogP contribution in [0.1, 0.15) is 33.4 Å². The molecule has 0 aliphatic rings. The summed E-state index contributed by atoms with van der Waals surface area (Å²) in [4.78, 5) is 13.9. The summed E-state index contributed by atoms with van der Waals surface area (Å²) in [6.07, 6.45) is 5.28. The topological polar surface area (TPSA) is 140 Å². The third kappa shape index (κ3) is 13.3. The van der Waals surface area contributed by atoms with Gasteiger partial charge in [0, 0.05) is 32.8 Å². The normalized spacial score (nSPS) is 11.3. The number of anilines is 3.